The summed E-state index contributed by atoms with van der Waals surface area (Å²) in [5, 5.41) is 0. The van der Waals surface area contributed by atoms with Gasteiger partial charge in [0, 0.05) is 20.0 Å². The van der Waals surface area contributed by atoms with Gasteiger partial charge in [-0.2, -0.15) is 0 Å². The third kappa shape index (κ3) is 7.15. The molecule has 0 aliphatic rings. The second-order valence-electron chi connectivity index (χ2n) is 6.13. The van der Waals surface area contributed by atoms with E-state index in [9.17, 15) is 9.59 Å². The van der Waals surface area contributed by atoms with Crippen LogP contribution in [0.5, 0.6) is 0 Å². The molecule has 1 unspecified atom stereocenters. The van der Waals surface area contributed by atoms with E-state index in [1.807, 2.05) is 27.7 Å². The van der Waals surface area contributed by atoms with Crippen molar-refractivity contribution in [3.05, 3.63) is 0 Å². The van der Waals surface area contributed by atoms with Crippen molar-refractivity contribution in [2.24, 2.45) is 0 Å². The molecule has 0 bridgehead atoms. The van der Waals surface area contributed by atoms with Gasteiger partial charge in [0.2, 0.25) is 0 Å². The molecule has 0 aromatic rings. The maximum absolute atomic E-state index is 12.2. The number of hydrogen-bond donors (Lipinski definition) is 0. The smallest absolute Gasteiger partial charge is 0.164 e. The van der Waals surface area contributed by atoms with Crippen molar-refractivity contribution in [3.63, 3.8) is 0 Å². The minimum absolute atomic E-state index is 0.0801. The first-order valence-corrected chi connectivity index (χ1v) is 7.38. The topological polar surface area (TPSA) is 52.6 Å². The zero-order valence-electron chi connectivity index (χ0n) is 13.9. The summed E-state index contributed by atoms with van der Waals surface area (Å²) in [6, 6.07) is 0. The fourth-order valence-electron chi connectivity index (χ4n) is 1.77. The summed E-state index contributed by atoms with van der Waals surface area (Å²) in [5.41, 5.74) is -0.993. The highest BCUT2D eigenvalue weighted by Gasteiger charge is 2.32. The number of hydrogen-bond acceptors (Lipinski definition) is 4. The minimum atomic E-state index is -0.749. The molecule has 0 aliphatic heterocycles. The van der Waals surface area contributed by atoms with Gasteiger partial charge in [0.15, 0.2) is 5.78 Å². The van der Waals surface area contributed by atoms with Crippen LogP contribution in [0, 0.1) is 0 Å². The lowest BCUT2D eigenvalue weighted by atomic mass is 9.93. The number of ketones is 2. The molecule has 0 saturated heterocycles. The van der Waals surface area contributed by atoms with Crippen molar-refractivity contribution in [3.8, 4) is 0 Å². The predicted octanol–water partition coefficient (Wildman–Crippen LogP) is 3.32. The summed E-state index contributed by atoms with van der Waals surface area (Å²) in [5.74, 6) is 0.204. The maximum Gasteiger partial charge on any atom is 0.164 e. The van der Waals surface area contributed by atoms with Crippen LogP contribution in [-0.4, -0.2) is 36.5 Å². The Balaban J connectivity index is 4.30. The zero-order valence-corrected chi connectivity index (χ0v) is 13.9. The molecule has 0 spiro atoms. The van der Waals surface area contributed by atoms with Crippen molar-refractivity contribution in [1.82, 2.24) is 0 Å². The number of methoxy groups -OCH3 is 1. The Kier molecular flexibility index (Phi) is 8.21. The second-order valence-corrected chi connectivity index (χ2v) is 6.13. The highest BCUT2D eigenvalue weighted by molar-refractivity contribution is 5.87. The molecule has 118 valence electrons. The fraction of sp³-hybridized carbons (Fsp3) is 0.875. The number of carbonyl (C=O) groups is 2. The number of Topliss-reactive ketones (excluding diaryl/α,β-unsaturated/α-hetero) is 2. The molecule has 4 heteroatoms. The van der Waals surface area contributed by atoms with Gasteiger partial charge in [-0.25, -0.2) is 0 Å². The van der Waals surface area contributed by atoms with E-state index >= 15 is 0 Å². The monoisotopic (exact) mass is 286 g/mol. The first-order chi connectivity index (χ1) is 9.17. The van der Waals surface area contributed by atoms with Crippen LogP contribution >= 0.6 is 0 Å². The molecule has 0 rings (SSSR count). The summed E-state index contributed by atoms with van der Waals surface area (Å²) in [6.45, 7) is 9.81. The van der Waals surface area contributed by atoms with Gasteiger partial charge in [-0.1, -0.05) is 6.92 Å². The van der Waals surface area contributed by atoms with Crippen molar-refractivity contribution < 1.29 is 19.1 Å². The fourth-order valence-corrected chi connectivity index (χ4v) is 1.77. The van der Waals surface area contributed by atoms with E-state index in [-0.39, 0.29) is 17.2 Å². The van der Waals surface area contributed by atoms with Crippen LogP contribution in [0.4, 0.5) is 0 Å². The van der Waals surface area contributed by atoms with Crippen molar-refractivity contribution in [1.29, 1.82) is 0 Å². The minimum Gasteiger partial charge on any atom is -0.379 e. The van der Waals surface area contributed by atoms with Crippen LogP contribution < -0.4 is 0 Å². The van der Waals surface area contributed by atoms with Gasteiger partial charge in [0.1, 0.15) is 11.4 Å². The number of carbonyl (C=O) groups excluding carboxylic acids is 2. The van der Waals surface area contributed by atoms with Crippen molar-refractivity contribution in [2.75, 3.05) is 13.7 Å². The summed E-state index contributed by atoms with van der Waals surface area (Å²) >= 11 is 0. The third-order valence-electron chi connectivity index (χ3n) is 3.87. The lowest BCUT2D eigenvalue weighted by Gasteiger charge is -2.30. The number of rotatable bonds is 11. The van der Waals surface area contributed by atoms with Gasteiger partial charge in [-0.15, -0.1) is 0 Å². The molecule has 20 heavy (non-hydrogen) atoms. The van der Waals surface area contributed by atoms with E-state index in [0.717, 1.165) is 6.42 Å². The standard InChI is InChI=1S/C16H30O4/c1-7-16(5,14(18)10-8-9-13(2)17)20-12-11-15(3,4)19-6/h7-12H2,1-6H3. The van der Waals surface area contributed by atoms with E-state index < -0.39 is 5.60 Å². The lowest BCUT2D eigenvalue weighted by Crippen LogP contribution is -2.39. The van der Waals surface area contributed by atoms with Crippen molar-refractivity contribution >= 4 is 11.6 Å². The molecular formula is C16H30O4. The Bertz CT molecular complexity index is 322. The average molecular weight is 286 g/mol. The van der Waals surface area contributed by atoms with E-state index in [4.69, 9.17) is 9.47 Å². The largest absolute Gasteiger partial charge is 0.379 e. The summed E-state index contributed by atoms with van der Waals surface area (Å²) in [4.78, 5) is 23.1. The highest BCUT2D eigenvalue weighted by atomic mass is 16.5. The summed E-state index contributed by atoms with van der Waals surface area (Å²) in [6.07, 6.45) is 2.84. The number of ether oxygens (including phenoxy) is 2. The van der Waals surface area contributed by atoms with Gasteiger partial charge in [0.05, 0.1) is 12.2 Å². The van der Waals surface area contributed by atoms with Gasteiger partial charge in [-0.3, -0.25) is 4.79 Å². The van der Waals surface area contributed by atoms with E-state index in [1.165, 1.54) is 0 Å². The quantitative estimate of drug-likeness (QED) is 0.584. The molecule has 0 aliphatic carbocycles. The van der Waals surface area contributed by atoms with Gasteiger partial charge in [0.25, 0.3) is 0 Å². The molecular weight excluding hydrogens is 256 g/mol. The van der Waals surface area contributed by atoms with Gasteiger partial charge < -0.3 is 14.3 Å². The Morgan fingerprint density at radius 1 is 1.10 bits per heavy atom. The van der Waals surface area contributed by atoms with E-state index in [1.54, 1.807) is 14.0 Å². The average Bonchev–Trinajstić information content (AvgIpc) is 2.37. The Morgan fingerprint density at radius 2 is 1.70 bits per heavy atom. The van der Waals surface area contributed by atoms with Crippen LogP contribution in [0.25, 0.3) is 0 Å². The molecule has 0 amide bonds. The zero-order chi connectivity index (χ0) is 15.8. The Morgan fingerprint density at radius 3 is 2.15 bits per heavy atom. The van der Waals surface area contributed by atoms with Gasteiger partial charge >= 0.3 is 0 Å². The van der Waals surface area contributed by atoms with Crippen LogP contribution in [-0.2, 0) is 19.1 Å². The van der Waals surface area contributed by atoms with Crippen LogP contribution in [0.3, 0.4) is 0 Å². The molecule has 0 heterocycles. The molecule has 1 atom stereocenters. The van der Waals surface area contributed by atoms with E-state index in [0.29, 0.717) is 32.3 Å². The maximum atomic E-state index is 12.2. The van der Waals surface area contributed by atoms with Gasteiger partial charge in [-0.05, 0) is 47.0 Å². The highest BCUT2D eigenvalue weighted by Crippen LogP contribution is 2.22. The Hall–Kier alpha value is -0.740. The molecule has 0 N–H and O–H groups in total. The summed E-state index contributed by atoms with van der Waals surface area (Å²) < 4.78 is 11.2. The van der Waals surface area contributed by atoms with E-state index in [2.05, 4.69) is 0 Å². The molecule has 0 fully saturated rings. The lowest BCUT2D eigenvalue weighted by molar-refractivity contribution is -0.145. The third-order valence-corrected chi connectivity index (χ3v) is 3.87. The normalized spacial score (nSPS) is 14.9. The first kappa shape index (κ1) is 19.3. The first-order valence-electron chi connectivity index (χ1n) is 7.38. The summed E-state index contributed by atoms with van der Waals surface area (Å²) in [7, 11) is 1.67. The molecule has 0 aromatic heterocycles. The SMILES string of the molecule is CCC(C)(OCCC(C)(C)OC)C(=O)CCCC(C)=O. The van der Waals surface area contributed by atoms with Crippen LogP contribution in [0.15, 0.2) is 0 Å². The molecule has 4 nitrogen and oxygen atoms in total. The molecule has 0 aromatic carbocycles. The molecule has 0 saturated carbocycles. The van der Waals surface area contributed by atoms with Crippen LogP contribution in [0.1, 0.15) is 66.7 Å². The van der Waals surface area contributed by atoms with Crippen molar-refractivity contribution in [2.45, 2.75) is 77.9 Å². The molecule has 0 radical (unpaired) electrons. The predicted molar refractivity (Wildman–Crippen MR) is 79.9 cm³/mol. The Labute approximate surface area is 123 Å². The second kappa shape index (κ2) is 8.53. The van der Waals surface area contributed by atoms with Crippen LogP contribution in [0.2, 0.25) is 0 Å².